The standard InChI is InChI=1S/C18H15F2N3O2/c1-11-5-2-3-6-12(11)18-23-22-16(25-18)10-9-15(24)21-17-13(19)7-4-8-14(17)20/h2-8H,9-10H2,1H3,(H,21,24). The molecule has 0 fully saturated rings. The first-order valence-electron chi connectivity index (χ1n) is 7.67. The van der Waals surface area contributed by atoms with Gasteiger partial charge in [0.25, 0.3) is 0 Å². The van der Waals surface area contributed by atoms with E-state index in [2.05, 4.69) is 15.5 Å². The molecule has 128 valence electrons. The van der Waals surface area contributed by atoms with Crippen molar-refractivity contribution in [3.8, 4) is 11.5 Å². The van der Waals surface area contributed by atoms with Gasteiger partial charge in [0, 0.05) is 18.4 Å². The number of carbonyl (C=O) groups is 1. The number of halogens is 2. The van der Waals surface area contributed by atoms with Crippen LogP contribution in [-0.2, 0) is 11.2 Å². The number of carbonyl (C=O) groups excluding carboxylic acids is 1. The van der Waals surface area contributed by atoms with Crippen molar-refractivity contribution >= 4 is 11.6 Å². The smallest absolute Gasteiger partial charge is 0.247 e. The van der Waals surface area contributed by atoms with Crippen molar-refractivity contribution in [3.63, 3.8) is 0 Å². The molecule has 7 heteroatoms. The van der Waals surface area contributed by atoms with Crippen LogP contribution in [0.25, 0.3) is 11.5 Å². The summed E-state index contributed by atoms with van der Waals surface area (Å²) in [7, 11) is 0. The average molecular weight is 343 g/mol. The largest absolute Gasteiger partial charge is 0.421 e. The molecule has 0 bridgehead atoms. The first-order valence-corrected chi connectivity index (χ1v) is 7.67. The van der Waals surface area contributed by atoms with Crippen molar-refractivity contribution < 1.29 is 18.0 Å². The van der Waals surface area contributed by atoms with E-state index in [1.165, 1.54) is 6.07 Å². The van der Waals surface area contributed by atoms with Crippen LogP contribution in [0.1, 0.15) is 17.9 Å². The highest BCUT2D eigenvalue weighted by Crippen LogP contribution is 2.22. The number of hydrogen-bond acceptors (Lipinski definition) is 4. The van der Waals surface area contributed by atoms with E-state index in [1.807, 2.05) is 31.2 Å². The maximum atomic E-state index is 13.5. The molecule has 0 aliphatic carbocycles. The molecule has 0 unspecified atom stereocenters. The molecular weight excluding hydrogens is 328 g/mol. The van der Waals surface area contributed by atoms with E-state index in [0.29, 0.717) is 5.89 Å². The summed E-state index contributed by atoms with van der Waals surface area (Å²) in [4.78, 5) is 11.9. The van der Waals surface area contributed by atoms with Gasteiger partial charge in [0.15, 0.2) is 0 Å². The first kappa shape index (κ1) is 16.8. The molecule has 1 N–H and O–H groups in total. The number of hydrogen-bond donors (Lipinski definition) is 1. The van der Waals surface area contributed by atoms with Crippen LogP contribution in [-0.4, -0.2) is 16.1 Å². The second-order valence-corrected chi connectivity index (χ2v) is 5.46. The molecule has 2 aromatic carbocycles. The van der Waals surface area contributed by atoms with Gasteiger partial charge in [0.05, 0.1) is 0 Å². The highest BCUT2D eigenvalue weighted by atomic mass is 19.1. The van der Waals surface area contributed by atoms with E-state index in [1.54, 1.807) is 0 Å². The van der Waals surface area contributed by atoms with Crippen molar-refractivity contribution in [2.24, 2.45) is 0 Å². The van der Waals surface area contributed by atoms with Crippen LogP contribution in [0.5, 0.6) is 0 Å². The van der Waals surface area contributed by atoms with Crippen molar-refractivity contribution in [1.82, 2.24) is 10.2 Å². The SMILES string of the molecule is Cc1ccccc1-c1nnc(CCC(=O)Nc2c(F)cccc2F)o1. The summed E-state index contributed by atoms with van der Waals surface area (Å²) >= 11 is 0. The number of aryl methyl sites for hydroxylation is 2. The van der Waals surface area contributed by atoms with Crippen LogP contribution in [0.15, 0.2) is 46.9 Å². The van der Waals surface area contributed by atoms with Crippen LogP contribution in [0, 0.1) is 18.6 Å². The summed E-state index contributed by atoms with van der Waals surface area (Å²) in [6.07, 6.45) is 0.129. The van der Waals surface area contributed by atoms with Gasteiger partial charge in [0.2, 0.25) is 17.7 Å². The Hall–Kier alpha value is -3.09. The highest BCUT2D eigenvalue weighted by molar-refractivity contribution is 5.91. The molecule has 0 radical (unpaired) electrons. The quantitative estimate of drug-likeness (QED) is 0.763. The number of amides is 1. The summed E-state index contributed by atoms with van der Waals surface area (Å²) in [5.41, 5.74) is 1.35. The molecule has 0 saturated heterocycles. The summed E-state index contributed by atoms with van der Waals surface area (Å²) < 4.78 is 32.6. The fourth-order valence-electron chi connectivity index (χ4n) is 2.32. The average Bonchev–Trinajstić information content (AvgIpc) is 3.06. The van der Waals surface area contributed by atoms with Gasteiger partial charge >= 0.3 is 0 Å². The van der Waals surface area contributed by atoms with E-state index >= 15 is 0 Å². The van der Waals surface area contributed by atoms with E-state index in [0.717, 1.165) is 23.3 Å². The van der Waals surface area contributed by atoms with E-state index in [-0.39, 0.29) is 18.7 Å². The van der Waals surface area contributed by atoms with Gasteiger partial charge in [-0.1, -0.05) is 24.3 Å². The number of rotatable bonds is 5. The maximum absolute atomic E-state index is 13.5. The minimum absolute atomic E-state index is 0.0385. The number of aromatic nitrogens is 2. The van der Waals surface area contributed by atoms with Gasteiger partial charge in [-0.15, -0.1) is 10.2 Å². The van der Waals surface area contributed by atoms with Crippen molar-refractivity contribution in [2.45, 2.75) is 19.8 Å². The molecule has 1 heterocycles. The van der Waals surface area contributed by atoms with Gasteiger partial charge in [-0.3, -0.25) is 4.79 Å². The second-order valence-electron chi connectivity index (χ2n) is 5.46. The fraction of sp³-hybridized carbons (Fsp3) is 0.167. The molecule has 25 heavy (non-hydrogen) atoms. The van der Waals surface area contributed by atoms with Crippen molar-refractivity contribution in [2.75, 3.05) is 5.32 Å². The molecule has 3 rings (SSSR count). The van der Waals surface area contributed by atoms with Gasteiger partial charge in [-0.25, -0.2) is 8.78 Å². The number of para-hydroxylation sites is 1. The summed E-state index contributed by atoms with van der Waals surface area (Å²) in [5.74, 6) is -1.54. The van der Waals surface area contributed by atoms with Gasteiger partial charge in [0.1, 0.15) is 17.3 Å². The lowest BCUT2D eigenvalue weighted by Crippen LogP contribution is -2.14. The monoisotopic (exact) mass is 343 g/mol. The number of nitrogens with zero attached hydrogens (tertiary/aromatic N) is 2. The van der Waals surface area contributed by atoms with Gasteiger partial charge in [-0.2, -0.15) is 0 Å². The third kappa shape index (κ3) is 3.88. The minimum atomic E-state index is -0.826. The Morgan fingerprint density at radius 1 is 1.08 bits per heavy atom. The third-order valence-electron chi connectivity index (χ3n) is 3.64. The van der Waals surface area contributed by atoms with E-state index in [9.17, 15) is 13.6 Å². The Morgan fingerprint density at radius 2 is 1.80 bits per heavy atom. The highest BCUT2D eigenvalue weighted by Gasteiger charge is 2.14. The fourth-order valence-corrected chi connectivity index (χ4v) is 2.32. The zero-order valence-electron chi connectivity index (χ0n) is 13.4. The molecule has 0 spiro atoms. The Labute approximate surface area is 142 Å². The molecule has 3 aromatic rings. The van der Waals surface area contributed by atoms with Gasteiger partial charge < -0.3 is 9.73 Å². The van der Waals surface area contributed by atoms with Crippen LogP contribution in [0.2, 0.25) is 0 Å². The number of benzene rings is 2. The molecule has 0 aliphatic rings. The normalized spacial score (nSPS) is 10.7. The molecule has 1 aromatic heterocycles. The van der Waals surface area contributed by atoms with Crippen LogP contribution < -0.4 is 5.32 Å². The summed E-state index contributed by atoms with van der Waals surface area (Å²) in [6.45, 7) is 1.93. The summed E-state index contributed by atoms with van der Waals surface area (Å²) in [5, 5.41) is 10.1. The van der Waals surface area contributed by atoms with Crippen LogP contribution >= 0.6 is 0 Å². The molecule has 5 nitrogen and oxygen atoms in total. The first-order chi connectivity index (χ1) is 12.0. The minimum Gasteiger partial charge on any atom is -0.421 e. The maximum Gasteiger partial charge on any atom is 0.247 e. The number of anilines is 1. The zero-order chi connectivity index (χ0) is 17.8. The number of nitrogens with one attached hydrogen (secondary N) is 1. The lowest BCUT2D eigenvalue weighted by atomic mass is 10.1. The Balaban J connectivity index is 1.63. The van der Waals surface area contributed by atoms with Crippen molar-refractivity contribution in [1.29, 1.82) is 0 Å². The van der Waals surface area contributed by atoms with E-state index in [4.69, 9.17) is 4.42 Å². The molecular formula is C18H15F2N3O2. The Kier molecular flexibility index (Phi) is 4.83. The van der Waals surface area contributed by atoms with Gasteiger partial charge in [-0.05, 0) is 30.7 Å². The molecule has 0 saturated carbocycles. The predicted octanol–water partition coefficient (Wildman–Crippen LogP) is 3.89. The Morgan fingerprint density at radius 3 is 2.52 bits per heavy atom. The lowest BCUT2D eigenvalue weighted by molar-refractivity contribution is -0.116. The van der Waals surface area contributed by atoms with Crippen molar-refractivity contribution in [3.05, 3.63) is 65.6 Å². The van der Waals surface area contributed by atoms with Crippen LogP contribution in [0.4, 0.5) is 14.5 Å². The van der Waals surface area contributed by atoms with Crippen LogP contribution in [0.3, 0.4) is 0 Å². The molecule has 1 amide bonds. The van der Waals surface area contributed by atoms with E-state index < -0.39 is 23.2 Å². The second kappa shape index (κ2) is 7.21. The third-order valence-corrected chi connectivity index (χ3v) is 3.64. The Bertz CT molecular complexity index is 889. The summed E-state index contributed by atoms with van der Waals surface area (Å²) in [6, 6.07) is 10.9. The zero-order valence-corrected chi connectivity index (χ0v) is 13.4. The molecule has 0 atom stereocenters. The predicted molar refractivity (Wildman–Crippen MR) is 87.8 cm³/mol. The molecule has 0 aliphatic heterocycles. The topological polar surface area (TPSA) is 68.0 Å². The lowest BCUT2D eigenvalue weighted by Gasteiger charge is -2.06.